The molecule has 1 aliphatic heterocycles. The molecule has 0 aromatic heterocycles. The van der Waals surface area contributed by atoms with Gasteiger partial charge >= 0.3 is 6.09 Å². The number of amides is 1. The molecule has 1 saturated heterocycles. The molecule has 0 spiro atoms. The number of likely N-dealkylation sites (tertiary alicyclic amines) is 1. The van der Waals surface area contributed by atoms with Crippen LogP contribution in [0.2, 0.25) is 0 Å². The van der Waals surface area contributed by atoms with E-state index in [1.165, 1.54) is 22.4 Å². The van der Waals surface area contributed by atoms with Crippen LogP contribution in [0.25, 0.3) is 0 Å². The Kier molecular flexibility index (Phi) is 8.17. The van der Waals surface area contributed by atoms with Gasteiger partial charge in [-0.1, -0.05) is 24.1 Å². The number of aryl methyl sites for hydroxylation is 1. The van der Waals surface area contributed by atoms with Crippen LogP contribution in [-0.4, -0.2) is 73.9 Å². The lowest BCUT2D eigenvalue weighted by Gasteiger charge is -2.52. The maximum Gasteiger partial charge on any atom is 0.415 e. The number of aliphatic hydroxyl groups is 1. The first kappa shape index (κ1) is 28.5. The highest BCUT2D eigenvalue weighted by molar-refractivity contribution is 5.71. The molecule has 0 bridgehead atoms. The number of ether oxygens (including phenoxy) is 1. The predicted molar refractivity (Wildman–Crippen MR) is 161 cm³/mol. The first-order valence-electron chi connectivity index (χ1n) is 14.8. The Morgan fingerprint density at radius 2 is 1.85 bits per heavy atom. The van der Waals surface area contributed by atoms with E-state index in [4.69, 9.17) is 4.74 Å². The normalized spacial score (nSPS) is 26.4. The maximum absolute atomic E-state index is 13.0. The lowest BCUT2D eigenvalue weighted by atomic mass is 9.52. The van der Waals surface area contributed by atoms with Crippen LogP contribution in [0, 0.1) is 17.8 Å². The van der Waals surface area contributed by atoms with Gasteiger partial charge < -0.3 is 24.5 Å². The van der Waals surface area contributed by atoms with Gasteiger partial charge in [-0.15, -0.1) is 5.92 Å². The number of benzene rings is 2. The lowest BCUT2D eigenvalue weighted by molar-refractivity contribution is -0.00805. The van der Waals surface area contributed by atoms with E-state index in [0.717, 1.165) is 51.6 Å². The summed E-state index contributed by atoms with van der Waals surface area (Å²) in [5, 5.41) is 11.3. The van der Waals surface area contributed by atoms with E-state index in [0.29, 0.717) is 30.6 Å². The van der Waals surface area contributed by atoms with Gasteiger partial charge in [0.1, 0.15) is 11.4 Å². The summed E-state index contributed by atoms with van der Waals surface area (Å²) in [5.74, 6) is 7.06. The second kappa shape index (κ2) is 11.5. The van der Waals surface area contributed by atoms with E-state index in [1.807, 2.05) is 17.9 Å². The largest absolute Gasteiger partial charge is 0.415 e. The van der Waals surface area contributed by atoms with Crippen molar-refractivity contribution in [1.82, 2.24) is 9.80 Å². The van der Waals surface area contributed by atoms with Gasteiger partial charge in [0.15, 0.2) is 0 Å². The Balaban J connectivity index is 1.41. The molecular formula is C34H45N3O3. The number of carbonyl (C=O) groups excluding carboxylic acids is 1. The molecule has 6 heteroatoms. The van der Waals surface area contributed by atoms with Gasteiger partial charge in [0.05, 0.1) is 0 Å². The van der Waals surface area contributed by atoms with Crippen molar-refractivity contribution >= 4 is 11.8 Å². The van der Waals surface area contributed by atoms with Gasteiger partial charge in [0.25, 0.3) is 0 Å². The highest BCUT2D eigenvalue weighted by atomic mass is 16.6. The van der Waals surface area contributed by atoms with Gasteiger partial charge in [-0.25, -0.2) is 4.79 Å². The molecule has 1 N–H and O–H groups in total. The molecule has 0 unspecified atom stereocenters. The van der Waals surface area contributed by atoms with E-state index >= 15 is 0 Å². The molecule has 1 saturated carbocycles. The molecule has 0 radical (unpaired) electrons. The Bertz CT molecular complexity index is 1290. The van der Waals surface area contributed by atoms with Crippen molar-refractivity contribution in [3.63, 3.8) is 0 Å². The van der Waals surface area contributed by atoms with Crippen molar-refractivity contribution in [3.8, 4) is 17.6 Å². The van der Waals surface area contributed by atoms with Crippen molar-refractivity contribution in [1.29, 1.82) is 0 Å². The minimum absolute atomic E-state index is 0.0865. The molecule has 3 atom stereocenters. The summed E-state index contributed by atoms with van der Waals surface area (Å²) in [4.78, 5) is 19.2. The van der Waals surface area contributed by atoms with Crippen LogP contribution < -0.4 is 9.64 Å². The molecule has 6 nitrogen and oxygen atoms in total. The number of carbonyl (C=O) groups is 1. The lowest BCUT2D eigenvalue weighted by Crippen LogP contribution is -2.50. The van der Waals surface area contributed by atoms with E-state index in [9.17, 15) is 9.90 Å². The van der Waals surface area contributed by atoms with Crippen LogP contribution in [0.15, 0.2) is 42.5 Å². The van der Waals surface area contributed by atoms with E-state index in [1.54, 1.807) is 0 Å². The molecule has 214 valence electrons. The van der Waals surface area contributed by atoms with Crippen molar-refractivity contribution in [2.75, 3.05) is 46.2 Å². The number of hydrogen-bond acceptors (Lipinski definition) is 5. The first-order chi connectivity index (χ1) is 19.1. The number of nitrogens with zero attached hydrogens (tertiary/aromatic N) is 3. The van der Waals surface area contributed by atoms with Crippen molar-refractivity contribution in [2.45, 2.75) is 75.3 Å². The highest BCUT2D eigenvalue weighted by Crippen LogP contribution is 2.54. The van der Waals surface area contributed by atoms with Crippen molar-refractivity contribution in [2.24, 2.45) is 5.92 Å². The fraction of sp³-hybridized carbons (Fsp3) is 0.559. The topological polar surface area (TPSA) is 56.3 Å². The molecule has 3 aliphatic rings. The molecule has 1 heterocycles. The number of piperidine rings is 1. The first-order valence-corrected chi connectivity index (χ1v) is 14.8. The SMILES string of the molecule is CC#C[C@@]1(O)CC[C@@]2(Cc3cccc(N(C)C)c3)c3ccc(OC(=O)N4CCC(N(C)C)CC4)cc3CC[C@@H]2C1. The van der Waals surface area contributed by atoms with Gasteiger partial charge in [-0.3, -0.25) is 0 Å². The molecular weight excluding hydrogens is 498 g/mol. The molecule has 2 aromatic rings. The van der Waals surface area contributed by atoms with Crippen LogP contribution >= 0.6 is 0 Å². The van der Waals surface area contributed by atoms with Gasteiger partial charge in [-0.2, -0.15) is 0 Å². The second-order valence-electron chi connectivity index (χ2n) is 12.6. The number of rotatable bonds is 5. The maximum atomic E-state index is 13.0. The molecule has 1 amide bonds. The fourth-order valence-electron chi connectivity index (χ4n) is 7.44. The Labute approximate surface area is 240 Å². The summed E-state index contributed by atoms with van der Waals surface area (Å²) in [5.41, 5.74) is 4.12. The molecule has 2 aromatic carbocycles. The minimum Gasteiger partial charge on any atom is -0.410 e. The minimum atomic E-state index is -0.915. The van der Waals surface area contributed by atoms with Crippen molar-refractivity contribution in [3.05, 3.63) is 59.2 Å². The van der Waals surface area contributed by atoms with Gasteiger partial charge in [-0.05, 0) is 119 Å². The summed E-state index contributed by atoms with van der Waals surface area (Å²) in [6, 6.07) is 15.6. The zero-order chi connectivity index (χ0) is 28.5. The third-order valence-corrected chi connectivity index (χ3v) is 9.69. The Morgan fingerprint density at radius 3 is 2.55 bits per heavy atom. The smallest absolute Gasteiger partial charge is 0.410 e. The van der Waals surface area contributed by atoms with E-state index in [-0.39, 0.29) is 11.5 Å². The second-order valence-corrected chi connectivity index (χ2v) is 12.6. The summed E-state index contributed by atoms with van der Waals surface area (Å²) in [6.07, 6.45) is 6.75. The van der Waals surface area contributed by atoms with Gasteiger partial charge in [0, 0.05) is 44.3 Å². The zero-order valence-corrected chi connectivity index (χ0v) is 24.9. The molecule has 5 rings (SSSR count). The van der Waals surface area contributed by atoms with Crippen LogP contribution in [0.3, 0.4) is 0 Å². The van der Waals surface area contributed by atoms with Crippen LogP contribution in [0.4, 0.5) is 10.5 Å². The number of anilines is 1. The van der Waals surface area contributed by atoms with Crippen LogP contribution in [0.5, 0.6) is 5.75 Å². The molecule has 40 heavy (non-hydrogen) atoms. The van der Waals surface area contributed by atoms with Crippen LogP contribution in [-0.2, 0) is 18.3 Å². The van der Waals surface area contributed by atoms with E-state index < -0.39 is 5.60 Å². The predicted octanol–water partition coefficient (Wildman–Crippen LogP) is 5.26. The fourth-order valence-corrected chi connectivity index (χ4v) is 7.44. The summed E-state index contributed by atoms with van der Waals surface area (Å²) < 4.78 is 5.92. The zero-order valence-electron chi connectivity index (χ0n) is 24.9. The highest BCUT2D eigenvalue weighted by Gasteiger charge is 2.51. The quantitative estimate of drug-likeness (QED) is 0.522. The Hall–Kier alpha value is -3.01. The van der Waals surface area contributed by atoms with Gasteiger partial charge in [0.2, 0.25) is 0 Å². The Morgan fingerprint density at radius 1 is 1.07 bits per heavy atom. The summed E-state index contributed by atoms with van der Waals surface area (Å²) in [6.45, 7) is 3.27. The molecule has 2 fully saturated rings. The third kappa shape index (κ3) is 5.73. The number of hydrogen-bond donors (Lipinski definition) is 1. The standard InChI is InChI=1S/C34H45N3O3/c1-6-16-33(39)17-18-34(23-25-8-7-9-29(21-25)36(4)5)27(24-33)11-10-26-22-30(12-13-31(26)34)40-32(38)37-19-14-28(15-20-37)35(2)3/h7-9,12-13,21-22,27-28,39H,10-11,14-15,17-20,23-24H2,1-5H3/t27-,33-,34+/m1/s1. The average molecular weight is 544 g/mol. The summed E-state index contributed by atoms with van der Waals surface area (Å²) >= 11 is 0. The van der Waals surface area contributed by atoms with E-state index in [2.05, 4.69) is 86.2 Å². The van der Waals surface area contributed by atoms with Crippen LogP contribution in [0.1, 0.15) is 62.1 Å². The van der Waals surface area contributed by atoms with Crippen molar-refractivity contribution < 1.29 is 14.6 Å². The average Bonchev–Trinajstić information content (AvgIpc) is 2.93. The summed E-state index contributed by atoms with van der Waals surface area (Å²) in [7, 11) is 8.36. The molecule has 2 aliphatic carbocycles. The monoisotopic (exact) mass is 543 g/mol. The number of fused-ring (bicyclic) bond motifs is 3. The third-order valence-electron chi connectivity index (χ3n) is 9.69.